The van der Waals surface area contributed by atoms with E-state index in [2.05, 4.69) is 28.4 Å². The molecule has 1 fully saturated rings. The number of hydrogen-bond acceptors (Lipinski definition) is 2. The minimum Gasteiger partial charge on any atom is -0.324 e. The van der Waals surface area contributed by atoms with Crippen LogP contribution in [0.1, 0.15) is 32.6 Å². The predicted octanol–water partition coefficient (Wildman–Crippen LogP) is 4.04. The number of nitrogens with zero attached hydrogens (tertiary/aromatic N) is 1. The SMILES string of the molecule is C[C@@H](C(=O)Nc1cccc2ccccc12)N1CCCCCC1. The number of fused-ring (bicyclic) bond motifs is 1. The second kappa shape index (κ2) is 6.93. The molecule has 3 heteroatoms. The summed E-state index contributed by atoms with van der Waals surface area (Å²) in [6.45, 7) is 4.08. The lowest BCUT2D eigenvalue weighted by Crippen LogP contribution is -2.42. The first kappa shape index (κ1) is 15.0. The van der Waals surface area contributed by atoms with Gasteiger partial charge in [0.25, 0.3) is 0 Å². The van der Waals surface area contributed by atoms with Crippen LogP contribution in [0.3, 0.4) is 0 Å². The minimum absolute atomic E-state index is 0.0722. The van der Waals surface area contributed by atoms with Crippen molar-refractivity contribution in [1.29, 1.82) is 0 Å². The third kappa shape index (κ3) is 3.30. The molecule has 1 aliphatic rings. The fraction of sp³-hybridized carbons (Fsp3) is 0.421. The second-order valence-electron chi connectivity index (χ2n) is 6.14. The molecule has 0 bridgehead atoms. The fourth-order valence-electron chi connectivity index (χ4n) is 3.22. The van der Waals surface area contributed by atoms with Gasteiger partial charge < -0.3 is 5.32 Å². The van der Waals surface area contributed by atoms with Crippen LogP contribution in [0.25, 0.3) is 10.8 Å². The van der Waals surface area contributed by atoms with E-state index in [4.69, 9.17) is 0 Å². The summed E-state index contributed by atoms with van der Waals surface area (Å²) >= 11 is 0. The van der Waals surface area contributed by atoms with Gasteiger partial charge in [0.2, 0.25) is 5.91 Å². The van der Waals surface area contributed by atoms with E-state index in [0.717, 1.165) is 29.5 Å². The average Bonchev–Trinajstić information content (AvgIpc) is 2.83. The molecule has 0 saturated carbocycles. The monoisotopic (exact) mass is 296 g/mol. The zero-order valence-corrected chi connectivity index (χ0v) is 13.2. The lowest BCUT2D eigenvalue weighted by Gasteiger charge is -2.26. The van der Waals surface area contributed by atoms with Gasteiger partial charge in [-0.05, 0) is 44.3 Å². The van der Waals surface area contributed by atoms with Gasteiger partial charge >= 0.3 is 0 Å². The van der Waals surface area contributed by atoms with E-state index < -0.39 is 0 Å². The van der Waals surface area contributed by atoms with Crippen molar-refractivity contribution in [3.05, 3.63) is 42.5 Å². The molecule has 22 heavy (non-hydrogen) atoms. The summed E-state index contributed by atoms with van der Waals surface area (Å²) in [6, 6.07) is 14.1. The highest BCUT2D eigenvalue weighted by molar-refractivity contribution is 6.03. The van der Waals surface area contributed by atoms with Crippen LogP contribution in [0, 0.1) is 0 Å². The van der Waals surface area contributed by atoms with Gasteiger partial charge in [0, 0.05) is 11.1 Å². The van der Waals surface area contributed by atoms with Crippen LogP contribution in [0.15, 0.2) is 42.5 Å². The van der Waals surface area contributed by atoms with E-state index in [1.807, 2.05) is 31.2 Å². The molecule has 0 aromatic heterocycles. The maximum absolute atomic E-state index is 12.6. The highest BCUT2D eigenvalue weighted by Crippen LogP contribution is 2.23. The highest BCUT2D eigenvalue weighted by Gasteiger charge is 2.22. The molecule has 1 amide bonds. The summed E-state index contributed by atoms with van der Waals surface area (Å²) in [5, 5.41) is 5.38. The molecule has 3 nitrogen and oxygen atoms in total. The predicted molar refractivity (Wildman–Crippen MR) is 92.1 cm³/mol. The molecule has 0 radical (unpaired) electrons. The second-order valence-corrected chi connectivity index (χ2v) is 6.14. The summed E-state index contributed by atoms with van der Waals surface area (Å²) in [6.07, 6.45) is 4.97. The molecule has 2 aromatic rings. The molecule has 1 atom stereocenters. The molecule has 1 N–H and O–H groups in total. The van der Waals surface area contributed by atoms with E-state index in [0.29, 0.717) is 0 Å². The summed E-state index contributed by atoms with van der Waals surface area (Å²) in [5.41, 5.74) is 0.907. The van der Waals surface area contributed by atoms with E-state index in [9.17, 15) is 4.79 Å². The number of amides is 1. The van der Waals surface area contributed by atoms with E-state index in [-0.39, 0.29) is 11.9 Å². The average molecular weight is 296 g/mol. The van der Waals surface area contributed by atoms with Crippen LogP contribution in [0.2, 0.25) is 0 Å². The van der Waals surface area contributed by atoms with Crippen molar-refractivity contribution in [2.24, 2.45) is 0 Å². The Morgan fingerprint density at radius 2 is 1.68 bits per heavy atom. The maximum atomic E-state index is 12.6. The van der Waals surface area contributed by atoms with Crippen LogP contribution in [-0.4, -0.2) is 29.9 Å². The van der Waals surface area contributed by atoms with Crippen molar-refractivity contribution in [3.63, 3.8) is 0 Å². The Balaban J connectivity index is 1.75. The van der Waals surface area contributed by atoms with Crippen LogP contribution in [0.4, 0.5) is 5.69 Å². The summed E-state index contributed by atoms with van der Waals surface area (Å²) in [5.74, 6) is 0.0956. The largest absolute Gasteiger partial charge is 0.324 e. The summed E-state index contributed by atoms with van der Waals surface area (Å²) in [7, 11) is 0. The topological polar surface area (TPSA) is 32.3 Å². The standard InChI is InChI=1S/C19H24N2O/c1-15(21-13-6-2-3-7-14-21)19(22)20-18-12-8-10-16-9-4-5-11-17(16)18/h4-5,8-12,15H,2-3,6-7,13-14H2,1H3,(H,20,22)/t15-/m0/s1. The van der Waals surface area contributed by atoms with Crippen molar-refractivity contribution in [1.82, 2.24) is 4.90 Å². The Bertz CT molecular complexity index is 639. The van der Waals surface area contributed by atoms with Crippen molar-refractivity contribution < 1.29 is 4.79 Å². The third-order valence-electron chi connectivity index (χ3n) is 4.62. The molecule has 0 aliphatic carbocycles. The quantitative estimate of drug-likeness (QED) is 0.927. The summed E-state index contributed by atoms with van der Waals surface area (Å²) in [4.78, 5) is 14.9. The number of carbonyl (C=O) groups is 1. The Morgan fingerprint density at radius 3 is 2.45 bits per heavy atom. The van der Waals surface area contributed by atoms with Gasteiger partial charge in [-0.2, -0.15) is 0 Å². The Hall–Kier alpha value is -1.87. The lowest BCUT2D eigenvalue weighted by molar-refractivity contribution is -0.120. The lowest BCUT2D eigenvalue weighted by atomic mass is 10.1. The molecule has 116 valence electrons. The van der Waals surface area contributed by atoms with E-state index in [1.54, 1.807) is 0 Å². The molecule has 0 spiro atoms. The first-order chi connectivity index (χ1) is 10.8. The maximum Gasteiger partial charge on any atom is 0.241 e. The van der Waals surface area contributed by atoms with Gasteiger partial charge in [-0.3, -0.25) is 9.69 Å². The molecule has 3 rings (SSSR count). The van der Waals surface area contributed by atoms with Crippen molar-refractivity contribution in [3.8, 4) is 0 Å². The molecule has 0 unspecified atom stereocenters. The first-order valence-corrected chi connectivity index (χ1v) is 8.28. The van der Waals surface area contributed by atoms with Gasteiger partial charge in [-0.1, -0.05) is 49.2 Å². The van der Waals surface area contributed by atoms with Gasteiger partial charge in [-0.25, -0.2) is 0 Å². The van der Waals surface area contributed by atoms with E-state index >= 15 is 0 Å². The summed E-state index contributed by atoms with van der Waals surface area (Å²) < 4.78 is 0. The van der Waals surface area contributed by atoms with Crippen molar-refractivity contribution >= 4 is 22.4 Å². The molecule has 1 aliphatic heterocycles. The van der Waals surface area contributed by atoms with Gasteiger partial charge in [0.05, 0.1) is 6.04 Å². The number of benzene rings is 2. The number of likely N-dealkylation sites (tertiary alicyclic amines) is 1. The van der Waals surface area contributed by atoms with Crippen LogP contribution in [0.5, 0.6) is 0 Å². The first-order valence-electron chi connectivity index (χ1n) is 8.28. The van der Waals surface area contributed by atoms with E-state index in [1.165, 1.54) is 25.7 Å². The number of anilines is 1. The van der Waals surface area contributed by atoms with Crippen molar-refractivity contribution in [2.75, 3.05) is 18.4 Å². The molecule has 1 saturated heterocycles. The van der Waals surface area contributed by atoms with Gasteiger partial charge in [0.15, 0.2) is 0 Å². The Morgan fingerprint density at radius 1 is 1.00 bits per heavy atom. The smallest absolute Gasteiger partial charge is 0.241 e. The normalized spacial score (nSPS) is 17.9. The number of rotatable bonds is 3. The zero-order valence-electron chi connectivity index (χ0n) is 13.2. The number of nitrogens with one attached hydrogen (secondary N) is 1. The van der Waals surface area contributed by atoms with Crippen LogP contribution >= 0.6 is 0 Å². The molecule has 2 aromatic carbocycles. The third-order valence-corrected chi connectivity index (χ3v) is 4.62. The Labute approximate surface area is 132 Å². The highest BCUT2D eigenvalue weighted by atomic mass is 16.2. The van der Waals surface area contributed by atoms with Crippen LogP contribution < -0.4 is 5.32 Å². The number of hydrogen-bond donors (Lipinski definition) is 1. The van der Waals surface area contributed by atoms with Crippen LogP contribution in [-0.2, 0) is 4.79 Å². The van der Waals surface area contributed by atoms with Gasteiger partial charge in [0.1, 0.15) is 0 Å². The van der Waals surface area contributed by atoms with Gasteiger partial charge in [-0.15, -0.1) is 0 Å². The molecule has 1 heterocycles. The van der Waals surface area contributed by atoms with Crippen molar-refractivity contribution in [2.45, 2.75) is 38.6 Å². The molecular formula is C19H24N2O. The minimum atomic E-state index is -0.0722. The zero-order chi connectivity index (χ0) is 15.4. The fourth-order valence-corrected chi connectivity index (χ4v) is 3.22. The molecular weight excluding hydrogens is 272 g/mol. The number of carbonyl (C=O) groups excluding carboxylic acids is 1. The Kier molecular flexibility index (Phi) is 4.74.